The van der Waals surface area contributed by atoms with E-state index < -0.39 is 15.9 Å². The predicted molar refractivity (Wildman–Crippen MR) is 105 cm³/mol. The molecule has 0 aliphatic carbocycles. The van der Waals surface area contributed by atoms with Gasteiger partial charge in [0, 0.05) is 6.20 Å². The van der Waals surface area contributed by atoms with Crippen LogP contribution in [0.1, 0.15) is 21.5 Å². The predicted octanol–water partition coefficient (Wildman–Crippen LogP) is 3.75. The van der Waals surface area contributed by atoms with Crippen LogP contribution in [-0.4, -0.2) is 19.3 Å². The van der Waals surface area contributed by atoms with Crippen molar-refractivity contribution in [2.24, 2.45) is 0 Å². The number of nitrogens with one attached hydrogen (secondary N) is 2. The molecule has 6 nitrogen and oxygen atoms in total. The second-order valence-electron chi connectivity index (χ2n) is 6.12. The van der Waals surface area contributed by atoms with Crippen LogP contribution in [0.5, 0.6) is 0 Å². The Labute approximate surface area is 158 Å². The Kier molecular flexibility index (Phi) is 5.23. The van der Waals surface area contributed by atoms with Gasteiger partial charge in [-0.05, 0) is 55.3 Å². The number of para-hydroxylation sites is 1. The lowest BCUT2D eigenvalue weighted by molar-refractivity contribution is 0.102. The van der Waals surface area contributed by atoms with Crippen LogP contribution in [0.2, 0.25) is 0 Å². The van der Waals surface area contributed by atoms with Gasteiger partial charge < -0.3 is 5.32 Å². The number of aromatic nitrogens is 1. The third kappa shape index (κ3) is 4.32. The molecule has 2 aromatic carbocycles. The van der Waals surface area contributed by atoms with Crippen molar-refractivity contribution in [1.82, 2.24) is 4.98 Å². The van der Waals surface area contributed by atoms with E-state index in [4.69, 9.17) is 0 Å². The van der Waals surface area contributed by atoms with Crippen LogP contribution in [0.25, 0.3) is 0 Å². The molecule has 1 heterocycles. The summed E-state index contributed by atoms with van der Waals surface area (Å²) in [5, 5.41) is 2.71. The van der Waals surface area contributed by atoms with Crippen LogP contribution in [0.3, 0.4) is 0 Å². The Balaban J connectivity index is 1.92. The summed E-state index contributed by atoms with van der Waals surface area (Å²) in [5.41, 5.74) is 2.42. The van der Waals surface area contributed by atoms with Gasteiger partial charge >= 0.3 is 0 Å². The molecule has 0 unspecified atom stereocenters. The van der Waals surface area contributed by atoms with Crippen LogP contribution >= 0.6 is 0 Å². The first-order chi connectivity index (χ1) is 12.9. The largest absolute Gasteiger partial charge is 0.321 e. The second-order valence-corrected chi connectivity index (χ2v) is 7.77. The summed E-state index contributed by atoms with van der Waals surface area (Å²) >= 11 is 0. The lowest BCUT2D eigenvalue weighted by atomic mass is 10.1. The summed E-state index contributed by atoms with van der Waals surface area (Å²) in [6.45, 7) is 3.56. The Bertz CT molecular complexity index is 1080. The molecular formula is C20H19N3O3S. The Hall–Kier alpha value is -3.19. The number of benzene rings is 2. The zero-order valence-corrected chi connectivity index (χ0v) is 15.7. The minimum Gasteiger partial charge on any atom is -0.321 e. The maximum Gasteiger partial charge on any atom is 0.262 e. The highest BCUT2D eigenvalue weighted by molar-refractivity contribution is 7.92. The molecular weight excluding hydrogens is 362 g/mol. The molecule has 7 heteroatoms. The fourth-order valence-electron chi connectivity index (χ4n) is 2.60. The summed E-state index contributed by atoms with van der Waals surface area (Å²) in [7, 11) is -3.84. The zero-order valence-electron chi connectivity index (χ0n) is 14.9. The third-order valence-electron chi connectivity index (χ3n) is 3.97. The molecule has 0 aliphatic rings. The minimum absolute atomic E-state index is 0.185. The van der Waals surface area contributed by atoms with Crippen molar-refractivity contribution < 1.29 is 13.2 Å². The van der Waals surface area contributed by atoms with Crippen molar-refractivity contribution >= 4 is 27.3 Å². The van der Waals surface area contributed by atoms with Gasteiger partial charge in [-0.2, -0.15) is 0 Å². The highest BCUT2D eigenvalue weighted by Gasteiger charge is 2.20. The van der Waals surface area contributed by atoms with Crippen LogP contribution < -0.4 is 10.0 Å². The number of pyridine rings is 1. The molecule has 3 rings (SSSR count). The Morgan fingerprint density at radius 3 is 2.52 bits per heavy atom. The van der Waals surface area contributed by atoms with E-state index in [-0.39, 0.29) is 16.1 Å². The normalized spacial score (nSPS) is 11.0. The van der Waals surface area contributed by atoms with Crippen molar-refractivity contribution in [2.45, 2.75) is 18.7 Å². The first-order valence-electron chi connectivity index (χ1n) is 8.27. The molecule has 0 spiro atoms. The molecule has 0 aliphatic heterocycles. The van der Waals surface area contributed by atoms with E-state index in [1.165, 1.54) is 6.20 Å². The van der Waals surface area contributed by atoms with Crippen molar-refractivity contribution in [3.63, 3.8) is 0 Å². The first kappa shape index (κ1) is 18.6. The van der Waals surface area contributed by atoms with Crippen molar-refractivity contribution in [3.8, 4) is 0 Å². The summed E-state index contributed by atoms with van der Waals surface area (Å²) in [5.74, 6) is -0.428. The fraction of sp³-hybridized carbons (Fsp3) is 0.100. The quantitative estimate of drug-likeness (QED) is 0.704. The average Bonchev–Trinajstić information content (AvgIpc) is 2.64. The van der Waals surface area contributed by atoms with Crippen LogP contribution in [0.4, 0.5) is 11.4 Å². The van der Waals surface area contributed by atoms with Crippen molar-refractivity contribution in [3.05, 3.63) is 83.7 Å². The topological polar surface area (TPSA) is 88.2 Å². The van der Waals surface area contributed by atoms with E-state index in [2.05, 4.69) is 15.0 Å². The van der Waals surface area contributed by atoms with E-state index in [9.17, 15) is 13.2 Å². The van der Waals surface area contributed by atoms with E-state index >= 15 is 0 Å². The smallest absolute Gasteiger partial charge is 0.262 e. The first-order valence-corrected chi connectivity index (χ1v) is 9.75. The van der Waals surface area contributed by atoms with Crippen LogP contribution in [0.15, 0.2) is 71.9 Å². The molecule has 1 aromatic heterocycles. The van der Waals surface area contributed by atoms with Gasteiger partial charge in [-0.15, -0.1) is 0 Å². The number of hydrogen-bond acceptors (Lipinski definition) is 4. The summed E-state index contributed by atoms with van der Waals surface area (Å²) in [6.07, 6.45) is 3.11. The van der Waals surface area contributed by atoms with E-state index in [0.717, 1.165) is 5.56 Å². The molecule has 2 N–H and O–H groups in total. The van der Waals surface area contributed by atoms with Crippen molar-refractivity contribution in [2.75, 3.05) is 10.0 Å². The number of carbonyl (C=O) groups excluding carboxylic acids is 1. The number of aryl methyl sites for hydroxylation is 2. The summed E-state index contributed by atoms with van der Waals surface area (Å²) < 4.78 is 28.2. The number of carbonyl (C=O) groups is 1. The van der Waals surface area contributed by atoms with Gasteiger partial charge in [0.1, 0.15) is 0 Å². The third-order valence-corrected chi connectivity index (χ3v) is 5.48. The lowest BCUT2D eigenvalue weighted by Gasteiger charge is -2.14. The van der Waals surface area contributed by atoms with Crippen LogP contribution in [-0.2, 0) is 10.0 Å². The molecule has 0 radical (unpaired) electrons. The molecule has 27 heavy (non-hydrogen) atoms. The van der Waals surface area contributed by atoms with Gasteiger partial charge in [0.2, 0.25) is 0 Å². The molecule has 1 amide bonds. The maximum atomic E-state index is 12.9. The Morgan fingerprint density at radius 2 is 1.78 bits per heavy atom. The van der Waals surface area contributed by atoms with Crippen LogP contribution in [0, 0.1) is 13.8 Å². The Morgan fingerprint density at radius 1 is 1.00 bits per heavy atom. The zero-order chi connectivity index (χ0) is 19.4. The number of amides is 1. The van der Waals surface area contributed by atoms with Gasteiger partial charge in [0.25, 0.3) is 15.9 Å². The molecule has 0 saturated carbocycles. The highest BCUT2D eigenvalue weighted by atomic mass is 32.2. The number of nitrogens with zero attached hydrogens (tertiary/aromatic N) is 1. The van der Waals surface area contributed by atoms with Gasteiger partial charge in [-0.1, -0.05) is 24.3 Å². The van der Waals surface area contributed by atoms with Gasteiger partial charge in [0.05, 0.1) is 28.0 Å². The molecule has 0 saturated heterocycles. The number of hydrogen-bond donors (Lipinski definition) is 2. The SMILES string of the molecule is Cc1ccc(C)c(S(=O)(=O)Nc2ccccc2C(=O)Nc2cccnc2)c1. The summed E-state index contributed by atoms with van der Waals surface area (Å²) in [6, 6.07) is 15.1. The van der Waals surface area contributed by atoms with E-state index in [1.54, 1.807) is 61.7 Å². The molecule has 0 fully saturated rings. The standard InChI is InChI=1S/C20H19N3O3S/c1-14-9-10-15(2)19(12-14)27(25,26)23-18-8-4-3-7-17(18)20(24)22-16-6-5-11-21-13-16/h3-13,23H,1-2H3,(H,22,24). The number of rotatable bonds is 5. The fourth-order valence-corrected chi connectivity index (χ4v) is 4.01. The highest BCUT2D eigenvalue weighted by Crippen LogP contribution is 2.23. The molecule has 0 atom stereocenters. The average molecular weight is 381 g/mol. The summed E-state index contributed by atoms with van der Waals surface area (Å²) in [4.78, 5) is 16.7. The second kappa shape index (κ2) is 7.59. The minimum atomic E-state index is -3.84. The molecule has 0 bridgehead atoms. The van der Waals surface area contributed by atoms with Gasteiger partial charge in [-0.25, -0.2) is 8.42 Å². The lowest BCUT2D eigenvalue weighted by Crippen LogP contribution is -2.19. The van der Waals surface area contributed by atoms with Crippen molar-refractivity contribution in [1.29, 1.82) is 0 Å². The number of sulfonamides is 1. The van der Waals surface area contributed by atoms with Gasteiger partial charge in [-0.3, -0.25) is 14.5 Å². The van der Waals surface area contributed by atoms with E-state index in [0.29, 0.717) is 11.3 Å². The maximum absolute atomic E-state index is 12.9. The van der Waals surface area contributed by atoms with Gasteiger partial charge in [0.15, 0.2) is 0 Å². The molecule has 3 aromatic rings. The monoisotopic (exact) mass is 381 g/mol. The number of anilines is 2. The van der Waals surface area contributed by atoms with E-state index in [1.807, 2.05) is 13.0 Å². The molecule has 138 valence electrons.